The van der Waals surface area contributed by atoms with Gasteiger partial charge in [-0.2, -0.15) is 0 Å². The van der Waals surface area contributed by atoms with Crippen LogP contribution in [-0.4, -0.2) is 99.9 Å². The lowest BCUT2D eigenvalue weighted by Crippen LogP contribution is -2.52. The lowest BCUT2D eigenvalue weighted by atomic mass is 9.52. The fourth-order valence-electron chi connectivity index (χ4n) is 19.6. The zero-order valence-corrected chi connectivity index (χ0v) is 54.8. The van der Waals surface area contributed by atoms with E-state index in [-0.39, 0.29) is 59.8 Å². The van der Waals surface area contributed by atoms with Crippen LogP contribution in [0.3, 0.4) is 0 Å². The number of aryl methyl sites for hydroxylation is 4. The summed E-state index contributed by atoms with van der Waals surface area (Å²) in [7, 11) is 6.03. The van der Waals surface area contributed by atoms with Crippen molar-refractivity contribution >= 4 is 27.5 Å². The Bertz CT molecular complexity index is 2960. The highest BCUT2D eigenvalue weighted by Crippen LogP contribution is 2.73. The number of benzene rings is 2. The average Bonchev–Trinajstić information content (AvgIpc) is 1.64. The fraction of sp³-hybridized carbons (Fsp3) is 0.685. The van der Waals surface area contributed by atoms with E-state index >= 15 is 0 Å². The third-order valence-electron chi connectivity index (χ3n) is 23.9. The number of aromatic amines is 1. The molecule has 13 rings (SSSR count). The number of nitrogens with two attached hydrogens (primary N) is 2. The van der Waals surface area contributed by atoms with Crippen LogP contribution in [0.5, 0.6) is 11.5 Å². The van der Waals surface area contributed by atoms with Crippen molar-refractivity contribution in [1.29, 1.82) is 0 Å². The highest BCUT2D eigenvalue weighted by atomic mass is 33.1. The van der Waals surface area contributed by atoms with Crippen molar-refractivity contribution in [2.75, 3.05) is 38.2 Å². The Balaban J connectivity index is 0.652. The third kappa shape index (κ3) is 14.0. The van der Waals surface area contributed by atoms with Gasteiger partial charge in [-0.15, -0.1) is 0 Å². The molecular formula is C73H107N7O6S2. The molecule has 15 heteroatoms. The summed E-state index contributed by atoms with van der Waals surface area (Å²) in [4.78, 5) is 9.11. The Hall–Kier alpha value is -3.93. The number of furan rings is 1. The number of aromatic nitrogens is 1. The minimum absolute atomic E-state index is 0.00374. The van der Waals surface area contributed by atoms with Crippen molar-refractivity contribution in [2.24, 2.45) is 74.6 Å². The number of guanidine groups is 1. The number of ether oxygens (including phenoxy) is 1. The van der Waals surface area contributed by atoms with Gasteiger partial charge in [0.25, 0.3) is 0 Å². The number of H-pyrrole nitrogens is 1. The monoisotopic (exact) mass is 1240 g/mol. The van der Waals surface area contributed by atoms with Crippen LogP contribution in [0.2, 0.25) is 0 Å². The van der Waals surface area contributed by atoms with Crippen molar-refractivity contribution in [3.05, 3.63) is 118 Å². The molecule has 17 atom stereocenters. The molecule has 8 aliphatic carbocycles. The number of aliphatic hydroxyl groups excluding tert-OH is 3. The average molecular weight is 1240 g/mol. The number of aromatic hydroxyl groups is 1. The molecule has 2 aromatic heterocycles. The smallest absolute Gasteiger partial charge is 0.189 e. The van der Waals surface area contributed by atoms with Gasteiger partial charge in [0.05, 0.1) is 18.8 Å². The summed E-state index contributed by atoms with van der Waals surface area (Å²) in [6.45, 7) is 5.49. The summed E-state index contributed by atoms with van der Waals surface area (Å²) < 4.78 is 12.9. The SMILES string of the molecule is CNC[C@H](NC[C@H](C)O)[C@H]1c2cc([C@@H](O)COc3cc(CCc4cc(CO)c(CC[C@@H]5CC[C@H]6[C@H]7CSSC[C@@H](N=C(N)N[C@H]8CCC[C@H](CCc9ccccc9)C8)[C@@H](C)CC[C@H]6[C@H](C5)C[C@H]7N)o4)ccc3O)[nH]c2[C@H]2C=C[C@@]13CCC[C@@H]3C21CCCC1. The molecule has 2 aromatic carbocycles. The molecule has 6 bridgehead atoms. The first-order valence-electron chi connectivity index (χ1n) is 34.8. The Kier molecular flexibility index (Phi) is 21.1. The van der Waals surface area contributed by atoms with Crippen LogP contribution in [0.15, 0.2) is 82.2 Å². The van der Waals surface area contributed by atoms with Crippen LogP contribution in [0.4, 0.5) is 0 Å². The van der Waals surface area contributed by atoms with E-state index in [9.17, 15) is 20.4 Å². The number of nitrogens with zero attached hydrogens (tertiary/aromatic N) is 1. The molecule has 9 aliphatic rings. The van der Waals surface area contributed by atoms with Crippen LogP contribution in [0.25, 0.3) is 0 Å². The number of hydrogen-bond acceptors (Lipinski definition) is 12. The van der Waals surface area contributed by atoms with Crippen molar-refractivity contribution in [1.82, 2.24) is 20.9 Å². The number of nitrogens with one attached hydrogen (secondary N) is 4. The van der Waals surface area contributed by atoms with Crippen molar-refractivity contribution in [3.8, 4) is 11.5 Å². The van der Waals surface area contributed by atoms with E-state index in [1.807, 2.05) is 53.8 Å². The molecular weight excluding hydrogens is 1130 g/mol. The molecule has 1 aliphatic heterocycles. The molecule has 12 N–H and O–H groups in total. The van der Waals surface area contributed by atoms with E-state index in [0.717, 1.165) is 84.4 Å². The summed E-state index contributed by atoms with van der Waals surface area (Å²) in [6.07, 6.45) is 30.0. The maximum absolute atomic E-state index is 12.0. The van der Waals surface area contributed by atoms with Crippen LogP contribution < -0.4 is 32.2 Å². The van der Waals surface area contributed by atoms with Crippen LogP contribution in [-0.2, 0) is 32.3 Å². The second-order valence-electron chi connectivity index (χ2n) is 29.2. The normalized spacial score (nSPS) is 33.0. The molecule has 4 aromatic rings. The minimum atomic E-state index is -0.940. The molecule has 13 nitrogen and oxygen atoms in total. The Morgan fingerprint density at radius 2 is 1.64 bits per heavy atom. The van der Waals surface area contributed by atoms with E-state index in [1.54, 1.807) is 6.07 Å². The van der Waals surface area contributed by atoms with Gasteiger partial charge in [0.15, 0.2) is 17.5 Å². The fourth-order valence-corrected chi connectivity index (χ4v) is 22.5. The number of phenols is 1. The van der Waals surface area contributed by atoms with E-state index < -0.39 is 12.2 Å². The van der Waals surface area contributed by atoms with Crippen LogP contribution in [0, 0.1) is 58.2 Å². The number of allylic oxidation sites excluding steroid dienone is 2. The van der Waals surface area contributed by atoms with Gasteiger partial charge >= 0.3 is 0 Å². The molecule has 0 amide bonds. The Morgan fingerprint density at radius 1 is 0.830 bits per heavy atom. The van der Waals surface area contributed by atoms with Gasteiger partial charge in [0.1, 0.15) is 24.2 Å². The Labute approximate surface area is 533 Å². The predicted molar refractivity (Wildman–Crippen MR) is 359 cm³/mol. The zero-order chi connectivity index (χ0) is 60.9. The summed E-state index contributed by atoms with van der Waals surface area (Å²) in [6, 6.07) is 21.6. The quantitative estimate of drug-likeness (QED) is 0.0153. The molecule has 1 saturated heterocycles. The predicted octanol–water partition coefficient (Wildman–Crippen LogP) is 12.6. The third-order valence-corrected chi connectivity index (χ3v) is 26.3. The first-order chi connectivity index (χ1) is 42.8. The zero-order valence-electron chi connectivity index (χ0n) is 53.2. The molecule has 0 unspecified atom stereocenters. The van der Waals surface area contributed by atoms with E-state index in [2.05, 4.69) is 76.4 Å². The lowest BCUT2D eigenvalue weighted by molar-refractivity contribution is 0.0354. The molecule has 3 heterocycles. The van der Waals surface area contributed by atoms with Gasteiger partial charge in [-0.3, -0.25) is 0 Å². The number of aliphatic imine (C=N–C) groups is 1. The highest BCUT2D eigenvalue weighted by molar-refractivity contribution is 8.76. The molecule has 88 heavy (non-hydrogen) atoms. The summed E-state index contributed by atoms with van der Waals surface area (Å²) in [5, 5.41) is 55.2. The molecule has 0 radical (unpaired) electrons. The van der Waals surface area contributed by atoms with Gasteiger partial charge in [-0.1, -0.05) is 116 Å². The standard InChI is InChI=1S/C73H107N7O6S2/c1-45-16-24-55-51-33-49(20-25-56(55)58(60(74)37-51)43-87-88-44-63(45)80-71(75)78-53-14-9-13-48(34-53)18-17-47-11-5-4-6-12-47)22-27-66-52(41-81)36-54(86-66)23-19-50-21-26-64(83)67(35-50)85-42-65(84)61-38-57-69(62(40-76-3)77-39-46(2)82)73-31-10-15-68(73)72(29-7-8-30-72)59(28-32-73)70(57)79-61/h4-6,11-12,21,26,28,32,35-36,38,45-46,48-49,51,53,55-56,58-60,62-63,65,68-69,76-77,79,81-84H,7-10,13-20,22-25,27,29-31,33-34,37,39-44,74H2,1-3H3,(H3,75,78,80)/t45-,46-,48+,49-,51+,53-,55-,56+,58+,59+,60+,62-,63+,65-,68+,69+,73+/m0/s1. The first-order valence-corrected chi connectivity index (χ1v) is 37.3. The maximum Gasteiger partial charge on any atom is 0.189 e. The number of hydrogen-bond donors (Lipinski definition) is 10. The number of likely N-dealkylation sites (N-methyl/N-ethyl adjacent to an activating group) is 1. The molecule has 5 saturated carbocycles. The van der Waals surface area contributed by atoms with E-state index in [4.69, 9.17) is 25.6 Å². The summed E-state index contributed by atoms with van der Waals surface area (Å²) in [5.41, 5.74) is 20.8. The first kappa shape index (κ1) is 64.2. The minimum Gasteiger partial charge on any atom is -0.504 e. The maximum atomic E-state index is 12.0. The lowest BCUT2D eigenvalue weighted by Gasteiger charge is -2.53. The van der Waals surface area contributed by atoms with Gasteiger partial charge in [0.2, 0.25) is 0 Å². The van der Waals surface area contributed by atoms with Crippen LogP contribution >= 0.6 is 21.6 Å². The van der Waals surface area contributed by atoms with Gasteiger partial charge in [0, 0.05) is 89.8 Å². The van der Waals surface area contributed by atoms with Gasteiger partial charge < -0.3 is 62.0 Å². The summed E-state index contributed by atoms with van der Waals surface area (Å²) >= 11 is 0. The molecule has 2 spiro atoms. The molecule has 482 valence electrons. The number of aliphatic hydroxyl groups is 3. The number of rotatable bonds is 22. The summed E-state index contributed by atoms with van der Waals surface area (Å²) in [5.74, 6) is 10.1. The number of phenolic OH excluding ortho intramolecular Hbond substituents is 1. The van der Waals surface area contributed by atoms with Crippen molar-refractivity contribution in [2.45, 2.75) is 216 Å². The van der Waals surface area contributed by atoms with Crippen molar-refractivity contribution in [3.63, 3.8) is 0 Å². The topological polar surface area (TPSA) is 220 Å². The largest absolute Gasteiger partial charge is 0.504 e. The Morgan fingerprint density at radius 3 is 2.45 bits per heavy atom. The highest BCUT2D eigenvalue weighted by Gasteiger charge is 2.65. The van der Waals surface area contributed by atoms with Gasteiger partial charge in [-0.05, 0) is 204 Å². The van der Waals surface area contributed by atoms with E-state index in [1.165, 1.54) is 120 Å². The second kappa shape index (κ2) is 28.9. The molecule has 6 fully saturated rings. The van der Waals surface area contributed by atoms with Crippen LogP contribution in [0.1, 0.15) is 199 Å². The van der Waals surface area contributed by atoms with Gasteiger partial charge in [-0.25, -0.2) is 4.99 Å². The van der Waals surface area contributed by atoms with E-state index in [0.29, 0.717) is 78.6 Å². The van der Waals surface area contributed by atoms with Crippen molar-refractivity contribution < 1.29 is 29.6 Å². The second-order valence-corrected chi connectivity index (χ2v) is 31.8.